The van der Waals surface area contributed by atoms with Crippen molar-refractivity contribution >= 4 is 11.9 Å². The van der Waals surface area contributed by atoms with Crippen LogP contribution in [0.1, 0.15) is 54.7 Å². The number of carbonyl (C=O) groups is 2. The zero-order valence-corrected chi connectivity index (χ0v) is 14.4. The van der Waals surface area contributed by atoms with Crippen molar-refractivity contribution in [2.75, 3.05) is 0 Å². The van der Waals surface area contributed by atoms with Crippen LogP contribution in [0.5, 0.6) is 0 Å². The number of aromatic nitrogens is 2. The Bertz CT molecular complexity index is 744. The van der Waals surface area contributed by atoms with E-state index in [2.05, 4.69) is 10.4 Å². The van der Waals surface area contributed by atoms with Crippen LogP contribution in [0, 0.1) is 6.92 Å². The number of rotatable bonds is 5. The molecule has 0 saturated carbocycles. The fourth-order valence-electron chi connectivity index (χ4n) is 2.44. The van der Waals surface area contributed by atoms with Crippen LogP contribution in [0.4, 0.5) is 0 Å². The Hall–Kier alpha value is -2.63. The number of hydrogen-bond donors (Lipinski definition) is 2. The molecule has 0 saturated heterocycles. The molecule has 0 aliphatic carbocycles. The Kier molecular flexibility index (Phi) is 5.07. The first-order chi connectivity index (χ1) is 11.2. The van der Waals surface area contributed by atoms with E-state index in [9.17, 15) is 9.59 Å². The van der Waals surface area contributed by atoms with Crippen molar-refractivity contribution in [2.45, 2.75) is 45.7 Å². The molecule has 1 heterocycles. The molecule has 6 heteroatoms. The fourth-order valence-corrected chi connectivity index (χ4v) is 2.44. The summed E-state index contributed by atoms with van der Waals surface area (Å²) >= 11 is 0. The van der Waals surface area contributed by atoms with Gasteiger partial charge in [-0.1, -0.05) is 24.3 Å². The number of carboxylic acids is 1. The molecule has 128 valence electrons. The van der Waals surface area contributed by atoms with Crippen molar-refractivity contribution in [1.82, 2.24) is 15.1 Å². The molecule has 1 atom stereocenters. The van der Waals surface area contributed by atoms with E-state index in [1.807, 2.05) is 52.0 Å². The predicted octanol–water partition coefficient (Wildman–Crippen LogP) is 2.89. The molecule has 2 aromatic rings. The lowest BCUT2D eigenvalue weighted by molar-refractivity contribution is -0.137. The van der Waals surface area contributed by atoms with Gasteiger partial charge in [-0.25, -0.2) is 0 Å². The van der Waals surface area contributed by atoms with E-state index in [-0.39, 0.29) is 17.9 Å². The third kappa shape index (κ3) is 4.22. The second kappa shape index (κ2) is 6.86. The number of amides is 1. The minimum atomic E-state index is -0.964. The standard InChI is InChI=1S/C18H23N3O3/c1-12-7-5-6-8-14(12)15(9-16(22)23)20-17(24)13-10-19-21(11-13)18(2,3)4/h5-8,10-11,15H,9H2,1-4H3,(H,20,24)(H,22,23)/t15-/m1/s1. The van der Waals surface area contributed by atoms with Gasteiger partial charge in [-0.2, -0.15) is 5.10 Å². The molecule has 0 fully saturated rings. The van der Waals surface area contributed by atoms with Crippen LogP contribution in [0.15, 0.2) is 36.7 Å². The summed E-state index contributed by atoms with van der Waals surface area (Å²) in [6.07, 6.45) is 2.99. The highest BCUT2D eigenvalue weighted by Crippen LogP contribution is 2.21. The van der Waals surface area contributed by atoms with Gasteiger partial charge in [0.25, 0.3) is 5.91 Å². The third-order valence-corrected chi connectivity index (χ3v) is 3.78. The molecule has 1 aromatic carbocycles. The van der Waals surface area contributed by atoms with Crippen LogP contribution in [-0.4, -0.2) is 26.8 Å². The molecule has 24 heavy (non-hydrogen) atoms. The Morgan fingerprint density at radius 1 is 1.29 bits per heavy atom. The van der Waals surface area contributed by atoms with Gasteiger partial charge in [-0.05, 0) is 38.8 Å². The molecule has 1 amide bonds. The van der Waals surface area contributed by atoms with Gasteiger partial charge in [0, 0.05) is 6.20 Å². The molecule has 0 radical (unpaired) electrons. The van der Waals surface area contributed by atoms with Gasteiger partial charge >= 0.3 is 5.97 Å². The number of benzene rings is 1. The third-order valence-electron chi connectivity index (χ3n) is 3.78. The van der Waals surface area contributed by atoms with Crippen molar-refractivity contribution in [3.8, 4) is 0 Å². The highest BCUT2D eigenvalue weighted by molar-refractivity contribution is 5.94. The summed E-state index contributed by atoms with van der Waals surface area (Å²) in [7, 11) is 0. The Balaban J connectivity index is 2.23. The van der Waals surface area contributed by atoms with Crippen LogP contribution in [0.2, 0.25) is 0 Å². The summed E-state index contributed by atoms with van der Waals surface area (Å²) in [6, 6.07) is 6.86. The lowest BCUT2D eigenvalue weighted by atomic mass is 9.98. The second-order valence-electron chi connectivity index (χ2n) is 6.82. The Labute approximate surface area is 141 Å². The molecule has 0 aliphatic rings. The highest BCUT2D eigenvalue weighted by Gasteiger charge is 2.22. The smallest absolute Gasteiger partial charge is 0.305 e. The average Bonchev–Trinajstić information content (AvgIpc) is 2.96. The van der Waals surface area contributed by atoms with E-state index in [4.69, 9.17) is 5.11 Å². The molecular weight excluding hydrogens is 306 g/mol. The van der Waals surface area contributed by atoms with E-state index in [0.717, 1.165) is 11.1 Å². The second-order valence-corrected chi connectivity index (χ2v) is 6.82. The van der Waals surface area contributed by atoms with Crippen LogP contribution >= 0.6 is 0 Å². The maximum atomic E-state index is 12.5. The van der Waals surface area contributed by atoms with Crippen LogP contribution in [0.3, 0.4) is 0 Å². The number of carbonyl (C=O) groups excluding carboxylic acids is 1. The number of aliphatic carboxylic acids is 1. The van der Waals surface area contributed by atoms with Gasteiger partial charge in [0.05, 0.1) is 29.8 Å². The van der Waals surface area contributed by atoms with E-state index in [0.29, 0.717) is 5.56 Å². The minimum absolute atomic E-state index is 0.177. The maximum Gasteiger partial charge on any atom is 0.305 e. The summed E-state index contributed by atoms with van der Waals surface area (Å²) in [4.78, 5) is 23.7. The normalized spacial score (nSPS) is 12.7. The number of carboxylic acid groups (broad SMARTS) is 1. The van der Waals surface area contributed by atoms with E-state index < -0.39 is 12.0 Å². The monoisotopic (exact) mass is 329 g/mol. The first-order valence-electron chi connectivity index (χ1n) is 7.82. The van der Waals surface area contributed by atoms with E-state index in [1.165, 1.54) is 6.20 Å². The van der Waals surface area contributed by atoms with Gasteiger partial charge in [0.15, 0.2) is 0 Å². The molecule has 2 rings (SSSR count). The Morgan fingerprint density at radius 2 is 1.96 bits per heavy atom. The summed E-state index contributed by atoms with van der Waals surface area (Å²) in [5, 5.41) is 16.2. The molecule has 0 unspecified atom stereocenters. The van der Waals surface area contributed by atoms with Crippen LogP contribution in [0.25, 0.3) is 0 Å². The first-order valence-corrected chi connectivity index (χ1v) is 7.82. The summed E-state index contributed by atoms with van der Waals surface area (Å²) < 4.78 is 1.71. The van der Waals surface area contributed by atoms with Crippen molar-refractivity contribution in [3.05, 3.63) is 53.3 Å². The van der Waals surface area contributed by atoms with Gasteiger partial charge in [-0.15, -0.1) is 0 Å². The van der Waals surface area contributed by atoms with E-state index in [1.54, 1.807) is 10.9 Å². The quantitative estimate of drug-likeness (QED) is 0.883. The minimum Gasteiger partial charge on any atom is -0.481 e. The highest BCUT2D eigenvalue weighted by atomic mass is 16.4. The molecular formula is C18H23N3O3. The zero-order valence-electron chi connectivity index (χ0n) is 14.4. The summed E-state index contributed by atoms with van der Waals surface area (Å²) in [5.41, 5.74) is 1.93. The largest absolute Gasteiger partial charge is 0.481 e. The lowest BCUT2D eigenvalue weighted by Crippen LogP contribution is -2.30. The Morgan fingerprint density at radius 3 is 2.50 bits per heavy atom. The molecule has 0 aliphatic heterocycles. The molecule has 2 N–H and O–H groups in total. The number of nitrogens with one attached hydrogen (secondary N) is 1. The zero-order chi connectivity index (χ0) is 17.9. The van der Waals surface area contributed by atoms with Gasteiger partial charge < -0.3 is 10.4 Å². The molecule has 1 aromatic heterocycles. The van der Waals surface area contributed by atoms with Crippen LogP contribution < -0.4 is 5.32 Å². The van der Waals surface area contributed by atoms with Crippen molar-refractivity contribution in [3.63, 3.8) is 0 Å². The van der Waals surface area contributed by atoms with Gasteiger partial charge in [-0.3, -0.25) is 14.3 Å². The fraction of sp³-hybridized carbons (Fsp3) is 0.389. The number of hydrogen-bond acceptors (Lipinski definition) is 3. The van der Waals surface area contributed by atoms with Crippen molar-refractivity contribution in [1.29, 1.82) is 0 Å². The number of nitrogens with zero attached hydrogens (tertiary/aromatic N) is 2. The van der Waals surface area contributed by atoms with E-state index >= 15 is 0 Å². The summed E-state index contributed by atoms with van der Waals surface area (Å²) in [5.74, 6) is -1.30. The lowest BCUT2D eigenvalue weighted by Gasteiger charge is -2.20. The molecule has 0 spiro atoms. The predicted molar refractivity (Wildman–Crippen MR) is 90.9 cm³/mol. The molecule has 6 nitrogen and oxygen atoms in total. The summed E-state index contributed by atoms with van der Waals surface area (Å²) in [6.45, 7) is 7.86. The SMILES string of the molecule is Cc1ccccc1[C@@H](CC(=O)O)NC(=O)c1cnn(C(C)(C)C)c1. The van der Waals surface area contributed by atoms with Crippen LogP contribution in [-0.2, 0) is 10.3 Å². The maximum absolute atomic E-state index is 12.5. The van der Waals surface area contributed by atoms with Crippen molar-refractivity contribution < 1.29 is 14.7 Å². The average molecular weight is 329 g/mol. The first kappa shape index (κ1) is 17.7. The van der Waals surface area contributed by atoms with Gasteiger partial charge in [0.2, 0.25) is 0 Å². The topological polar surface area (TPSA) is 84.2 Å². The molecule has 0 bridgehead atoms. The number of aryl methyl sites for hydroxylation is 1. The van der Waals surface area contributed by atoms with Crippen molar-refractivity contribution in [2.24, 2.45) is 0 Å². The van der Waals surface area contributed by atoms with Gasteiger partial charge in [0.1, 0.15) is 0 Å².